The Morgan fingerprint density at radius 3 is 2.72 bits per heavy atom. The Kier molecular flexibility index (Phi) is 6.12. The molecule has 5 heteroatoms. The van der Waals surface area contributed by atoms with Crippen molar-refractivity contribution in [1.29, 1.82) is 0 Å². The second-order valence-corrected chi connectivity index (χ2v) is 4.58. The summed E-state index contributed by atoms with van der Waals surface area (Å²) in [6.45, 7) is 4.01. The molecule has 0 heterocycles. The Morgan fingerprint density at radius 1 is 1.44 bits per heavy atom. The van der Waals surface area contributed by atoms with Gasteiger partial charge in [-0.05, 0) is 47.5 Å². The number of halogens is 2. The fraction of sp³-hybridized carbons (Fsp3) is 0.462. The Bertz CT molecular complexity index is 409. The predicted molar refractivity (Wildman–Crippen MR) is 70.1 cm³/mol. The molecule has 0 saturated carbocycles. The van der Waals surface area contributed by atoms with Crippen molar-refractivity contribution in [2.75, 3.05) is 6.61 Å². The monoisotopic (exact) mass is 318 g/mol. The molecule has 0 aliphatic rings. The van der Waals surface area contributed by atoms with Crippen LogP contribution in [0, 0.1) is 5.82 Å². The smallest absolute Gasteiger partial charge is 0.347 e. The van der Waals surface area contributed by atoms with Gasteiger partial charge in [-0.1, -0.05) is 13.3 Å². The summed E-state index contributed by atoms with van der Waals surface area (Å²) in [7, 11) is 0. The van der Waals surface area contributed by atoms with E-state index in [-0.39, 0.29) is 11.8 Å². The zero-order valence-corrected chi connectivity index (χ0v) is 12.0. The molecule has 0 radical (unpaired) electrons. The Labute approximate surface area is 114 Å². The number of carbonyl (C=O) groups is 1. The second-order valence-electron chi connectivity index (χ2n) is 3.72. The summed E-state index contributed by atoms with van der Waals surface area (Å²) in [6, 6.07) is 4.27. The van der Waals surface area contributed by atoms with E-state index in [1.165, 1.54) is 18.2 Å². The highest BCUT2D eigenvalue weighted by molar-refractivity contribution is 9.10. The number of ether oxygens (including phenoxy) is 2. The van der Waals surface area contributed by atoms with Crippen molar-refractivity contribution in [3.05, 3.63) is 28.5 Å². The van der Waals surface area contributed by atoms with Gasteiger partial charge in [0.05, 0.1) is 11.1 Å². The van der Waals surface area contributed by atoms with Crippen molar-refractivity contribution in [3.63, 3.8) is 0 Å². The summed E-state index contributed by atoms with van der Waals surface area (Å²) in [5.41, 5.74) is 0. The molecule has 0 fully saturated rings. The molecule has 0 aliphatic carbocycles. The minimum Gasteiger partial charge on any atom is -0.479 e. The molecular weight excluding hydrogens is 303 g/mol. The van der Waals surface area contributed by atoms with Crippen LogP contribution < -0.4 is 4.74 Å². The molecule has 1 aromatic rings. The Balaban J connectivity index is 2.76. The van der Waals surface area contributed by atoms with Crippen LogP contribution >= 0.6 is 15.9 Å². The van der Waals surface area contributed by atoms with E-state index in [1.54, 1.807) is 6.92 Å². The van der Waals surface area contributed by atoms with E-state index in [2.05, 4.69) is 15.9 Å². The number of carbonyl (C=O) groups excluding carboxylic acids is 1. The second kappa shape index (κ2) is 7.36. The van der Waals surface area contributed by atoms with Gasteiger partial charge in [0.25, 0.3) is 0 Å². The van der Waals surface area contributed by atoms with E-state index >= 15 is 0 Å². The Morgan fingerprint density at radius 2 is 2.17 bits per heavy atom. The third-order valence-corrected chi connectivity index (χ3v) is 2.88. The molecule has 0 spiro atoms. The maximum absolute atomic E-state index is 13.1. The third-order valence-electron chi connectivity index (χ3n) is 2.27. The van der Waals surface area contributed by atoms with Crippen molar-refractivity contribution >= 4 is 21.9 Å². The maximum atomic E-state index is 13.1. The first kappa shape index (κ1) is 15.0. The molecule has 0 aromatic heterocycles. The summed E-state index contributed by atoms with van der Waals surface area (Å²) < 4.78 is 23.8. The molecular formula is C13H16BrFO3. The average molecular weight is 319 g/mol. The lowest BCUT2D eigenvalue weighted by Gasteiger charge is -2.17. The fourth-order valence-electron chi connectivity index (χ4n) is 1.44. The average Bonchev–Trinajstić information content (AvgIpc) is 2.33. The van der Waals surface area contributed by atoms with Crippen molar-refractivity contribution in [3.8, 4) is 5.75 Å². The molecule has 3 nitrogen and oxygen atoms in total. The molecule has 18 heavy (non-hydrogen) atoms. The van der Waals surface area contributed by atoms with E-state index in [4.69, 9.17) is 9.47 Å². The van der Waals surface area contributed by atoms with Gasteiger partial charge in [-0.15, -0.1) is 0 Å². The van der Waals surface area contributed by atoms with Gasteiger partial charge in [0, 0.05) is 0 Å². The summed E-state index contributed by atoms with van der Waals surface area (Å²) in [6.07, 6.45) is 0.715. The summed E-state index contributed by atoms with van der Waals surface area (Å²) in [4.78, 5) is 11.7. The lowest BCUT2D eigenvalue weighted by atomic mass is 10.2. The standard InChI is InChI=1S/C13H16BrFO3/c1-3-5-12(13(16)17-4-2)18-9-6-7-11(15)10(14)8-9/h6-8,12H,3-5H2,1-2H3. The summed E-state index contributed by atoms with van der Waals surface area (Å²) >= 11 is 3.07. The van der Waals surface area contributed by atoms with Crippen molar-refractivity contribution < 1.29 is 18.7 Å². The van der Waals surface area contributed by atoms with Crippen LogP contribution in [-0.4, -0.2) is 18.7 Å². The highest BCUT2D eigenvalue weighted by Gasteiger charge is 2.21. The van der Waals surface area contributed by atoms with Gasteiger partial charge < -0.3 is 9.47 Å². The van der Waals surface area contributed by atoms with E-state index < -0.39 is 6.10 Å². The minimum atomic E-state index is -0.646. The normalized spacial score (nSPS) is 12.0. The van der Waals surface area contributed by atoms with E-state index in [0.29, 0.717) is 23.2 Å². The summed E-state index contributed by atoms with van der Waals surface area (Å²) in [5.74, 6) is -0.319. The molecule has 1 rings (SSSR count). The van der Waals surface area contributed by atoms with Crippen LogP contribution in [0.5, 0.6) is 5.75 Å². The van der Waals surface area contributed by atoms with E-state index in [9.17, 15) is 9.18 Å². The molecule has 1 unspecified atom stereocenters. The molecule has 100 valence electrons. The SMILES string of the molecule is CCCC(Oc1ccc(F)c(Br)c1)C(=O)OCC. The first-order valence-corrected chi connectivity index (χ1v) is 6.66. The van der Waals surface area contributed by atoms with E-state index in [1.807, 2.05) is 6.92 Å². The van der Waals surface area contributed by atoms with Crippen LogP contribution in [0.15, 0.2) is 22.7 Å². The van der Waals surface area contributed by atoms with Crippen LogP contribution in [-0.2, 0) is 9.53 Å². The van der Waals surface area contributed by atoms with Gasteiger partial charge in [0.2, 0.25) is 0 Å². The lowest BCUT2D eigenvalue weighted by Crippen LogP contribution is -2.29. The van der Waals surface area contributed by atoms with Crippen molar-refractivity contribution in [2.45, 2.75) is 32.8 Å². The van der Waals surface area contributed by atoms with Crippen LogP contribution in [0.2, 0.25) is 0 Å². The first-order chi connectivity index (χ1) is 8.58. The number of hydrogen-bond donors (Lipinski definition) is 0. The van der Waals surface area contributed by atoms with Crippen LogP contribution in [0.1, 0.15) is 26.7 Å². The van der Waals surface area contributed by atoms with Crippen molar-refractivity contribution in [1.82, 2.24) is 0 Å². The molecule has 0 bridgehead atoms. The Hall–Kier alpha value is -1.10. The molecule has 0 saturated heterocycles. The minimum absolute atomic E-state index is 0.305. The van der Waals surface area contributed by atoms with Gasteiger partial charge >= 0.3 is 5.97 Å². The largest absolute Gasteiger partial charge is 0.479 e. The van der Waals surface area contributed by atoms with Gasteiger partial charge in [0.15, 0.2) is 6.10 Å². The molecule has 0 N–H and O–H groups in total. The zero-order chi connectivity index (χ0) is 13.5. The van der Waals surface area contributed by atoms with E-state index in [0.717, 1.165) is 6.42 Å². The molecule has 1 atom stereocenters. The third kappa shape index (κ3) is 4.29. The van der Waals surface area contributed by atoms with Gasteiger partial charge in [-0.3, -0.25) is 0 Å². The topological polar surface area (TPSA) is 35.5 Å². The van der Waals surface area contributed by atoms with Crippen molar-refractivity contribution in [2.24, 2.45) is 0 Å². The number of hydrogen-bond acceptors (Lipinski definition) is 3. The van der Waals surface area contributed by atoms with Gasteiger partial charge in [0.1, 0.15) is 11.6 Å². The molecule has 1 aromatic carbocycles. The number of benzene rings is 1. The fourth-order valence-corrected chi connectivity index (χ4v) is 1.79. The first-order valence-electron chi connectivity index (χ1n) is 5.86. The van der Waals surface area contributed by atoms with Crippen LogP contribution in [0.25, 0.3) is 0 Å². The van der Waals surface area contributed by atoms with Gasteiger partial charge in [-0.2, -0.15) is 0 Å². The highest BCUT2D eigenvalue weighted by atomic mass is 79.9. The molecule has 0 amide bonds. The highest BCUT2D eigenvalue weighted by Crippen LogP contribution is 2.23. The van der Waals surface area contributed by atoms with Crippen LogP contribution in [0.4, 0.5) is 4.39 Å². The number of esters is 1. The lowest BCUT2D eigenvalue weighted by molar-refractivity contribution is -0.151. The quantitative estimate of drug-likeness (QED) is 0.750. The van der Waals surface area contributed by atoms with Gasteiger partial charge in [-0.25, -0.2) is 9.18 Å². The maximum Gasteiger partial charge on any atom is 0.347 e. The zero-order valence-electron chi connectivity index (χ0n) is 10.4. The molecule has 0 aliphatic heterocycles. The summed E-state index contributed by atoms with van der Waals surface area (Å²) in [5, 5.41) is 0. The predicted octanol–water partition coefficient (Wildman–Crippen LogP) is 3.70. The number of rotatable bonds is 6. The van der Waals surface area contributed by atoms with Crippen LogP contribution in [0.3, 0.4) is 0 Å².